The van der Waals surface area contributed by atoms with Crippen LogP contribution in [0.1, 0.15) is 36.0 Å². The van der Waals surface area contributed by atoms with Gasteiger partial charge in [-0.3, -0.25) is 9.59 Å². The molecule has 0 radical (unpaired) electrons. The van der Waals surface area contributed by atoms with Gasteiger partial charge in [-0.25, -0.2) is 0 Å². The molecule has 6 heteroatoms. The standard InChI is InChI=1S/C23H26N2O4/c26-21(15-5-6-15)24-20-14-18-4-2-1-3-17(18)13-19(20)22(27)25-9-7-16(8-10-25)23-28-11-12-29-23/h1-4,13-16,23H,5-12H2,(H,24,26). The fraction of sp³-hybridized carbons (Fsp3) is 0.478. The van der Waals surface area contributed by atoms with E-state index in [1.807, 2.05) is 41.3 Å². The molecule has 0 aromatic heterocycles. The number of fused-ring (bicyclic) bond motifs is 1. The third-order valence-corrected chi connectivity index (χ3v) is 6.18. The Morgan fingerprint density at radius 1 is 0.931 bits per heavy atom. The fourth-order valence-corrected chi connectivity index (χ4v) is 4.29. The smallest absolute Gasteiger partial charge is 0.255 e. The van der Waals surface area contributed by atoms with Crippen molar-refractivity contribution in [3.8, 4) is 0 Å². The number of hydrogen-bond donors (Lipinski definition) is 1. The van der Waals surface area contributed by atoms with Crippen molar-refractivity contribution in [1.29, 1.82) is 0 Å². The number of rotatable bonds is 4. The summed E-state index contributed by atoms with van der Waals surface area (Å²) in [5.74, 6) is 0.427. The Labute approximate surface area is 170 Å². The molecule has 6 nitrogen and oxygen atoms in total. The van der Waals surface area contributed by atoms with E-state index in [2.05, 4.69) is 5.32 Å². The minimum atomic E-state index is -0.124. The highest BCUT2D eigenvalue weighted by Crippen LogP contribution is 2.33. The molecule has 3 aliphatic rings. The van der Waals surface area contributed by atoms with Gasteiger partial charge in [-0.2, -0.15) is 0 Å². The Kier molecular flexibility index (Phi) is 4.97. The molecule has 152 valence electrons. The van der Waals surface area contributed by atoms with Gasteiger partial charge in [-0.05, 0) is 48.6 Å². The molecule has 5 rings (SSSR count). The van der Waals surface area contributed by atoms with E-state index >= 15 is 0 Å². The van der Waals surface area contributed by atoms with Crippen LogP contribution in [-0.4, -0.2) is 49.3 Å². The van der Waals surface area contributed by atoms with Crippen LogP contribution in [0.25, 0.3) is 10.8 Å². The number of likely N-dealkylation sites (tertiary alicyclic amines) is 1. The van der Waals surface area contributed by atoms with Gasteiger partial charge >= 0.3 is 0 Å². The molecule has 2 amide bonds. The summed E-state index contributed by atoms with van der Waals surface area (Å²) in [5.41, 5.74) is 1.19. The van der Waals surface area contributed by atoms with Crippen molar-refractivity contribution in [2.75, 3.05) is 31.6 Å². The lowest BCUT2D eigenvalue weighted by Gasteiger charge is -2.34. The number of benzene rings is 2. The number of anilines is 1. The van der Waals surface area contributed by atoms with Gasteiger partial charge in [0.2, 0.25) is 5.91 Å². The molecule has 1 aliphatic carbocycles. The third kappa shape index (κ3) is 3.87. The second kappa shape index (κ2) is 7.76. The summed E-state index contributed by atoms with van der Waals surface area (Å²) < 4.78 is 11.3. The van der Waals surface area contributed by atoms with Crippen LogP contribution in [0.2, 0.25) is 0 Å². The maximum Gasteiger partial charge on any atom is 0.255 e. The normalized spacial score (nSPS) is 20.9. The predicted molar refractivity (Wildman–Crippen MR) is 110 cm³/mol. The van der Waals surface area contributed by atoms with Crippen molar-refractivity contribution in [3.63, 3.8) is 0 Å². The van der Waals surface area contributed by atoms with Gasteiger partial charge in [0.05, 0.1) is 24.5 Å². The number of piperidine rings is 1. The molecule has 1 N–H and O–H groups in total. The van der Waals surface area contributed by atoms with Crippen molar-refractivity contribution < 1.29 is 19.1 Å². The van der Waals surface area contributed by atoms with E-state index < -0.39 is 0 Å². The van der Waals surface area contributed by atoms with Crippen LogP contribution in [-0.2, 0) is 14.3 Å². The van der Waals surface area contributed by atoms with E-state index in [0.717, 1.165) is 36.5 Å². The minimum absolute atomic E-state index is 0.0172. The summed E-state index contributed by atoms with van der Waals surface area (Å²) in [4.78, 5) is 27.7. The van der Waals surface area contributed by atoms with Crippen LogP contribution >= 0.6 is 0 Å². The molecule has 0 spiro atoms. The first kappa shape index (κ1) is 18.6. The Morgan fingerprint density at radius 3 is 2.24 bits per heavy atom. The molecule has 2 aromatic carbocycles. The van der Waals surface area contributed by atoms with Gasteiger partial charge in [0.25, 0.3) is 5.91 Å². The molecule has 0 bridgehead atoms. The number of carbonyl (C=O) groups excluding carboxylic acids is 2. The van der Waals surface area contributed by atoms with Gasteiger partial charge in [-0.15, -0.1) is 0 Å². The Balaban J connectivity index is 1.37. The first-order valence-corrected chi connectivity index (χ1v) is 10.6. The Morgan fingerprint density at radius 2 is 1.59 bits per heavy atom. The second-order valence-electron chi connectivity index (χ2n) is 8.25. The molecule has 0 atom stereocenters. The molecular formula is C23H26N2O4. The van der Waals surface area contributed by atoms with E-state index in [4.69, 9.17) is 9.47 Å². The van der Waals surface area contributed by atoms with Crippen molar-refractivity contribution >= 4 is 28.3 Å². The van der Waals surface area contributed by atoms with Gasteiger partial charge in [0, 0.05) is 24.9 Å². The molecule has 2 aliphatic heterocycles. The summed E-state index contributed by atoms with van der Waals surface area (Å²) in [6.45, 7) is 2.67. The minimum Gasteiger partial charge on any atom is -0.350 e. The SMILES string of the molecule is O=C(Nc1cc2ccccc2cc1C(=O)N1CCC(C2OCCO2)CC1)C1CC1. The van der Waals surface area contributed by atoms with Crippen LogP contribution < -0.4 is 5.32 Å². The number of hydrogen-bond acceptors (Lipinski definition) is 4. The molecule has 0 unspecified atom stereocenters. The first-order valence-electron chi connectivity index (χ1n) is 10.6. The van der Waals surface area contributed by atoms with E-state index in [1.54, 1.807) is 0 Å². The van der Waals surface area contributed by atoms with Crippen LogP contribution in [0.4, 0.5) is 5.69 Å². The predicted octanol–water partition coefficient (Wildman–Crippen LogP) is 3.41. The maximum atomic E-state index is 13.4. The average Bonchev–Trinajstić information content (AvgIpc) is 3.47. The van der Waals surface area contributed by atoms with Crippen LogP contribution in [0.3, 0.4) is 0 Å². The highest BCUT2D eigenvalue weighted by molar-refractivity contribution is 6.08. The Bertz CT molecular complexity index is 926. The third-order valence-electron chi connectivity index (χ3n) is 6.18. The number of nitrogens with zero attached hydrogens (tertiary/aromatic N) is 1. The summed E-state index contributed by atoms with van der Waals surface area (Å²) in [7, 11) is 0. The van der Waals surface area contributed by atoms with E-state index in [9.17, 15) is 9.59 Å². The molecule has 2 saturated heterocycles. The quantitative estimate of drug-likeness (QED) is 0.863. The van der Waals surface area contributed by atoms with Crippen molar-refractivity contribution in [2.24, 2.45) is 11.8 Å². The van der Waals surface area contributed by atoms with Gasteiger partial charge < -0.3 is 19.7 Å². The zero-order valence-corrected chi connectivity index (χ0v) is 16.4. The number of nitrogens with one attached hydrogen (secondary N) is 1. The topological polar surface area (TPSA) is 67.9 Å². The number of ether oxygens (including phenoxy) is 2. The van der Waals surface area contributed by atoms with E-state index in [-0.39, 0.29) is 24.0 Å². The van der Waals surface area contributed by atoms with E-state index in [0.29, 0.717) is 43.5 Å². The van der Waals surface area contributed by atoms with Crippen molar-refractivity contribution in [3.05, 3.63) is 42.0 Å². The maximum absolute atomic E-state index is 13.4. The van der Waals surface area contributed by atoms with Gasteiger partial charge in [0.1, 0.15) is 0 Å². The van der Waals surface area contributed by atoms with E-state index in [1.165, 1.54) is 0 Å². The Hall–Kier alpha value is -2.44. The second-order valence-corrected chi connectivity index (χ2v) is 8.25. The number of amides is 2. The highest BCUT2D eigenvalue weighted by atomic mass is 16.7. The van der Waals surface area contributed by atoms with Crippen molar-refractivity contribution in [1.82, 2.24) is 4.90 Å². The summed E-state index contributed by atoms with van der Waals surface area (Å²) in [6.07, 6.45) is 3.48. The molecular weight excluding hydrogens is 368 g/mol. The number of carbonyl (C=O) groups is 2. The lowest BCUT2D eigenvalue weighted by molar-refractivity contribution is -0.117. The summed E-state index contributed by atoms with van der Waals surface area (Å²) in [6, 6.07) is 11.8. The largest absolute Gasteiger partial charge is 0.350 e. The fourth-order valence-electron chi connectivity index (χ4n) is 4.29. The molecule has 2 heterocycles. The zero-order chi connectivity index (χ0) is 19.8. The molecule has 3 fully saturated rings. The molecule has 2 aromatic rings. The first-order chi connectivity index (χ1) is 14.2. The highest BCUT2D eigenvalue weighted by Gasteiger charge is 2.34. The molecule has 1 saturated carbocycles. The summed E-state index contributed by atoms with van der Waals surface area (Å²) >= 11 is 0. The zero-order valence-electron chi connectivity index (χ0n) is 16.4. The van der Waals surface area contributed by atoms with Crippen molar-refractivity contribution in [2.45, 2.75) is 32.0 Å². The average molecular weight is 394 g/mol. The van der Waals surface area contributed by atoms with Gasteiger partial charge in [-0.1, -0.05) is 24.3 Å². The lowest BCUT2D eigenvalue weighted by Crippen LogP contribution is -2.41. The van der Waals surface area contributed by atoms with Crippen LogP contribution in [0.5, 0.6) is 0 Å². The molecule has 29 heavy (non-hydrogen) atoms. The monoisotopic (exact) mass is 394 g/mol. The van der Waals surface area contributed by atoms with Crippen LogP contribution in [0, 0.1) is 11.8 Å². The lowest BCUT2D eigenvalue weighted by atomic mass is 9.95. The van der Waals surface area contributed by atoms with Gasteiger partial charge in [0.15, 0.2) is 6.29 Å². The summed E-state index contributed by atoms with van der Waals surface area (Å²) in [5, 5.41) is 5.03. The van der Waals surface area contributed by atoms with Crippen LogP contribution in [0.15, 0.2) is 36.4 Å².